The molecule has 0 atom stereocenters. The number of esters is 1. The highest BCUT2D eigenvalue weighted by atomic mass is 32.1. The minimum absolute atomic E-state index is 0.0349. The minimum atomic E-state index is -0.582. The van der Waals surface area contributed by atoms with Crippen LogP contribution in [-0.4, -0.2) is 35.9 Å². The largest absolute Gasteiger partial charge is 0.494 e. The van der Waals surface area contributed by atoms with Crippen LogP contribution in [0.25, 0.3) is 0 Å². The number of carbonyl (C=O) groups is 3. The minimum Gasteiger partial charge on any atom is -0.494 e. The van der Waals surface area contributed by atoms with Gasteiger partial charge in [-0.25, -0.2) is 4.98 Å². The van der Waals surface area contributed by atoms with E-state index in [2.05, 4.69) is 15.6 Å². The van der Waals surface area contributed by atoms with Crippen molar-refractivity contribution in [3.8, 4) is 5.75 Å². The van der Waals surface area contributed by atoms with Crippen LogP contribution in [0.2, 0.25) is 0 Å². The molecule has 1 heterocycles. The monoisotopic (exact) mass is 481 g/mol. The molecule has 3 rings (SSSR count). The second-order valence-corrected chi connectivity index (χ2v) is 8.52. The Hall–Kier alpha value is -3.72. The highest BCUT2D eigenvalue weighted by molar-refractivity contribution is 7.09. The molecule has 0 aliphatic heterocycles. The number of hydrogen-bond donors (Lipinski definition) is 2. The first kappa shape index (κ1) is 24.9. The van der Waals surface area contributed by atoms with Gasteiger partial charge in [-0.2, -0.15) is 0 Å². The Kier molecular flexibility index (Phi) is 8.75. The van der Waals surface area contributed by atoms with Crippen molar-refractivity contribution in [1.29, 1.82) is 0 Å². The molecule has 9 heteroatoms. The molecule has 178 valence electrons. The number of amides is 2. The van der Waals surface area contributed by atoms with Gasteiger partial charge < -0.3 is 20.1 Å². The third-order valence-corrected chi connectivity index (χ3v) is 5.68. The molecule has 0 saturated carbocycles. The van der Waals surface area contributed by atoms with Gasteiger partial charge in [-0.05, 0) is 62.2 Å². The van der Waals surface area contributed by atoms with Gasteiger partial charge in [-0.3, -0.25) is 14.4 Å². The Morgan fingerprint density at radius 2 is 1.82 bits per heavy atom. The van der Waals surface area contributed by atoms with Crippen LogP contribution in [0, 0.1) is 13.8 Å². The van der Waals surface area contributed by atoms with E-state index in [0.717, 1.165) is 16.8 Å². The number of ether oxygens (including phenoxy) is 2. The number of carbonyl (C=O) groups excluding carboxylic acids is 3. The lowest BCUT2D eigenvalue weighted by atomic mass is 10.1. The Morgan fingerprint density at radius 1 is 1.06 bits per heavy atom. The maximum absolute atomic E-state index is 12.4. The van der Waals surface area contributed by atoms with Crippen molar-refractivity contribution in [2.75, 3.05) is 18.5 Å². The second-order valence-electron chi connectivity index (χ2n) is 7.58. The molecule has 34 heavy (non-hydrogen) atoms. The van der Waals surface area contributed by atoms with E-state index in [1.54, 1.807) is 29.6 Å². The fraction of sp³-hybridized carbons (Fsp3) is 0.280. The molecule has 8 nitrogen and oxygen atoms in total. The summed E-state index contributed by atoms with van der Waals surface area (Å²) >= 11 is 1.32. The quantitative estimate of drug-likeness (QED) is 0.427. The van der Waals surface area contributed by atoms with E-state index in [1.807, 2.05) is 39.0 Å². The Morgan fingerprint density at radius 3 is 2.56 bits per heavy atom. The molecule has 0 fully saturated rings. The number of rotatable bonds is 10. The van der Waals surface area contributed by atoms with Crippen molar-refractivity contribution in [2.24, 2.45) is 0 Å². The molecule has 0 spiro atoms. The summed E-state index contributed by atoms with van der Waals surface area (Å²) < 4.78 is 10.5. The summed E-state index contributed by atoms with van der Waals surface area (Å²) in [6.45, 7) is 6.02. The predicted molar refractivity (Wildman–Crippen MR) is 130 cm³/mol. The summed E-state index contributed by atoms with van der Waals surface area (Å²) in [5, 5.41) is 7.79. The maximum atomic E-state index is 12.4. The maximum Gasteiger partial charge on any atom is 0.325 e. The normalized spacial score (nSPS) is 10.4. The van der Waals surface area contributed by atoms with Gasteiger partial charge >= 0.3 is 5.97 Å². The summed E-state index contributed by atoms with van der Waals surface area (Å²) in [6.07, 6.45) is 0.129. The fourth-order valence-corrected chi connectivity index (χ4v) is 3.81. The first-order chi connectivity index (χ1) is 16.3. The number of hydrogen-bond acceptors (Lipinski definition) is 7. The van der Waals surface area contributed by atoms with E-state index < -0.39 is 5.97 Å². The van der Waals surface area contributed by atoms with Crippen molar-refractivity contribution in [2.45, 2.75) is 33.8 Å². The molecular weight excluding hydrogens is 454 g/mol. The number of anilines is 1. The van der Waals surface area contributed by atoms with E-state index in [4.69, 9.17) is 9.47 Å². The fourth-order valence-electron chi connectivity index (χ4n) is 3.03. The first-order valence-corrected chi connectivity index (χ1v) is 11.7. The third-order valence-electron chi connectivity index (χ3n) is 4.78. The van der Waals surface area contributed by atoms with Gasteiger partial charge in [0.1, 0.15) is 23.9 Å². The van der Waals surface area contributed by atoms with Crippen LogP contribution in [0.3, 0.4) is 0 Å². The van der Waals surface area contributed by atoms with Gasteiger partial charge in [0, 0.05) is 16.6 Å². The molecule has 0 bridgehead atoms. The molecule has 2 amide bonds. The van der Waals surface area contributed by atoms with Gasteiger partial charge in [0.05, 0.1) is 18.7 Å². The van der Waals surface area contributed by atoms with Crippen molar-refractivity contribution >= 4 is 34.8 Å². The van der Waals surface area contributed by atoms with Crippen LogP contribution in [0.15, 0.2) is 47.8 Å². The first-order valence-electron chi connectivity index (χ1n) is 10.8. The van der Waals surface area contributed by atoms with Gasteiger partial charge in [0.25, 0.3) is 5.91 Å². The lowest BCUT2D eigenvalue weighted by molar-refractivity contribution is -0.143. The molecule has 0 radical (unpaired) electrons. The zero-order chi connectivity index (χ0) is 24.5. The van der Waals surface area contributed by atoms with Crippen LogP contribution < -0.4 is 15.4 Å². The lowest BCUT2D eigenvalue weighted by Gasteiger charge is -2.08. The van der Waals surface area contributed by atoms with Gasteiger partial charge in [0.2, 0.25) is 5.91 Å². The zero-order valence-corrected chi connectivity index (χ0v) is 20.2. The Bertz CT molecular complexity index is 1160. The summed E-state index contributed by atoms with van der Waals surface area (Å²) in [4.78, 5) is 40.9. The standard InChI is InChI=1S/C25H27N3O5S/c1-4-32-20-9-7-18(8-10-20)25(31)26-13-24(30)33-14-19-15-34-23(27-19)12-22(29)28-21-11-16(2)5-6-17(21)3/h5-11,15H,4,12-14H2,1-3H3,(H,26,31)(H,28,29). The van der Waals surface area contributed by atoms with Crippen molar-refractivity contribution in [1.82, 2.24) is 10.3 Å². The highest BCUT2D eigenvalue weighted by Crippen LogP contribution is 2.18. The van der Waals surface area contributed by atoms with E-state index in [0.29, 0.717) is 28.6 Å². The Balaban J connectivity index is 1.41. The van der Waals surface area contributed by atoms with Crippen LogP contribution in [0.1, 0.15) is 39.1 Å². The number of aromatic nitrogens is 1. The molecule has 3 aromatic rings. The summed E-state index contributed by atoms with van der Waals surface area (Å²) in [7, 11) is 0. The average Bonchev–Trinajstić information content (AvgIpc) is 3.26. The second kappa shape index (κ2) is 11.9. The average molecular weight is 482 g/mol. The van der Waals surface area contributed by atoms with E-state index in [9.17, 15) is 14.4 Å². The zero-order valence-electron chi connectivity index (χ0n) is 19.3. The van der Waals surface area contributed by atoms with E-state index in [-0.39, 0.29) is 31.4 Å². The molecule has 0 saturated heterocycles. The summed E-state index contributed by atoms with van der Waals surface area (Å²) in [5.74, 6) is -0.459. The summed E-state index contributed by atoms with van der Waals surface area (Å²) in [6, 6.07) is 12.5. The van der Waals surface area contributed by atoms with Gasteiger partial charge in [-0.15, -0.1) is 11.3 Å². The SMILES string of the molecule is CCOc1ccc(C(=O)NCC(=O)OCc2csc(CC(=O)Nc3cc(C)ccc3C)n2)cc1. The number of aryl methyl sites for hydroxylation is 2. The molecule has 0 unspecified atom stereocenters. The molecular formula is C25H27N3O5S. The predicted octanol–water partition coefficient (Wildman–Crippen LogP) is 3.81. The van der Waals surface area contributed by atoms with Gasteiger partial charge in [0.15, 0.2) is 0 Å². The van der Waals surface area contributed by atoms with Crippen LogP contribution in [0.4, 0.5) is 5.69 Å². The number of nitrogens with one attached hydrogen (secondary N) is 2. The van der Waals surface area contributed by atoms with Crippen molar-refractivity contribution in [3.05, 3.63) is 75.2 Å². The Labute approximate surface area is 202 Å². The number of thiazole rings is 1. The molecule has 2 aromatic carbocycles. The molecule has 0 aliphatic carbocycles. The van der Waals surface area contributed by atoms with Crippen molar-refractivity contribution < 1.29 is 23.9 Å². The topological polar surface area (TPSA) is 107 Å². The molecule has 2 N–H and O–H groups in total. The number of nitrogens with zero attached hydrogens (tertiary/aromatic N) is 1. The number of benzene rings is 2. The highest BCUT2D eigenvalue weighted by Gasteiger charge is 2.13. The third kappa shape index (κ3) is 7.41. The summed E-state index contributed by atoms with van der Waals surface area (Å²) in [5.41, 5.74) is 3.79. The van der Waals surface area contributed by atoms with E-state index in [1.165, 1.54) is 11.3 Å². The van der Waals surface area contributed by atoms with E-state index >= 15 is 0 Å². The van der Waals surface area contributed by atoms with Crippen LogP contribution >= 0.6 is 11.3 Å². The smallest absolute Gasteiger partial charge is 0.325 e. The molecule has 1 aromatic heterocycles. The van der Waals surface area contributed by atoms with Crippen LogP contribution in [0.5, 0.6) is 5.75 Å². The van der Waals surface area contributed by atoms with Crippen molar-refractivity contribution in [3.63, 3.8) is 0 Å². The molecule has 0 aliphatic rings. The van der Waals surface area contributed by atoms with Crippen LogP contribution in [-0.2, 0) is 27.4 Å². The lowest BCUT2D eigenvalue weighted by Crippen LogP contribution is -2.30. The van der Waals surface area contributed by atoms with Gasteiger partial charge in [-0.1, -0.05) is 12.1 Å².